The fourth-order valence-corrected chi connectivity index (χ4v) is 1.41. The zero-order chi connectivity index (χ0) is 13.5. The summed E-state index contributed by atoms with van der Waals surface area (Å²) in [6.45, 7) is 2.90. The van der Waals surface area contributed by atoms with Crippen LogP contribution in [0.5, 0.6) is 0 Å². The average molecular weight is 258 g/mol. The number of hydrogen-bond donors (Lipinski definition) is 2. The lowest BCUT2D eigenvalue weighted by molar-refractivity contribution is -0.116. The second-order valence-corrected chi connectivity index (χ2v) is 3.70. The van der Waals surface area contributed by atoms with E-state index in [0.717, 1.165) is 6.07 Å². The third kappa shape index (κ3) is 4.29. The molecule has 0 saturated heterocycles. The standard InChI is InChI=1S/C12H16F2N2O2/c1-2-18-5-3-4-11(17)16-12-9(14)6-8(13)7-10(12)15/h6-7H,2-5,15H2,1H3,(H,16,17). The zero-order valence-corrected chi connectivity index (χ0v) is 10.1. The van der Waals surface area contributed by atoms with Crippen molar-refractivity contribution in [3.63, 3.8) is 0 Å². The average Bonchev–Trinajstić information content (AvgIpc) is 2.29. The Morgan fingerprint density at radius 2 is 2.17 bits per heavy atom. The first-order valence-electron chi connectivity index (χ1n) is 5.66. The van der Waals surface area contributed by atoms with Gasteiger partial charge in [0, 0.05) is 25.7 Å². The molecule has 100 valence electrons. The van der Waals surface area contributed by atoms with Crippen molar-refractivity contribution in [1.82, 2.24) is 0 Å². The van der Waals surface area contributed by atoms with Crippen LogP contribution in [-0.2, 0) is 9.53 Å². The fraction of sp³-hybridized carbons (Fsp3) is 0.417. The van der Waals surface area contributed by atoms with E-state index in [-0.39, 0.29) is 23.7 Å². The number of hydrogen-bond acceptors (Lipinski definition) is 3. The quantitative estimate of drug-likeness (QED) is 0.608. The topological polar surface area (TPSA) is 64.3 Å². The van der Waals surface area contributed by atoms with Gasteiger partial charge in [0.15, 0.2) is 5.82 Å². The molecule has 6 heteroatoms. The van der Waals surface area contributed by atoms with Crippen LogP contribution in [0.25, 0.3) is 0 Å². The van der Waals surface area contributed by atoms with E-state index in [9.17, 15) is 13.6 Å². The van der Waals surface area contributed by atoms with Crippen LogP contribution in [0.3, 0.4) is 0 Å². The first-order chi connectivity index (χ1) is 8.54. The minimum atomic E-state index is -0.884. The minimum absolute atomic E-state index is 0.134. The van der Waals surface area contributed by atoms with Gasteiger partial charge in [-0.15, -0.1) is 0 Å². The summed E-state index contributed by atoms with van der Waals surface area (Å²) in [7, 11) is 0. The Kier molecular flexibility index (Phi) is 5.51. The van der Waals surface area contributed by atoms with Gasteiger partial charge >= 0.3 is 0 Å². The first-order valence-corrected chi connectivity index (χ1v) is 5.66. The second kappa shape index (κ2) is 6.90. The van der Waals surface area contributed by atoms with Gasteiger partial charge in [-0.25, -0.2) is 8.78 Å². The summed E-state index contributed by atoms with van der Waals surface area (Å²) in [5.41, 5.74) is 5.11. The molecule has 0 atom stereocenters. The van der Waals surface area contributed by atoms with Crippen LogP contribution in [0.4, 0.5) is 20.2 Å². The summed E-state index contributed by atoms with van der Waals surface area (Å²) in [5, 5.41) is 2.32. The van der Waals surface area contributed by atoms with Crippen molar-refractivity contribution in [2.24, 2.45) is 0 Å². The Bertz CT molecular complexity index is 402. The molecule has 0 spiro atoms. The predicted molar refractivity (Wildman–Crippen MR) is 65.1 cm³/mol. The molecule has 0 bridgehead atoms. The number of halogens is 2. The van der Waals surface area contributed by atoms with Crippen LogP contribution in [0, 0.1) is 11.6 Å². The van der Waals surface area contributed by atoms with Crippen LogP contribution in [0.1, 0.15) is 19.8 Å². The molecule has 0 aliphatic heterocycles. The number of amides is 1. The molecule has 1 amide bonds. The molecule has 3 N–H and O–H groups in total. The van der Waals surface area contributed by atoms with E-state index in [1.807, 2.05) is 6.92 Å². The van der Waals surface area contributed by atoms with Crippen molar-refractivity contribution in [1.29, 1.82) is 0 Å². The van der Waals surface area contributed by atoms with Crippen LogP contribution < -0.4 is 11.1 Å². The summed E-state index contributed by atoms with van der Waals surface area (Å²) >= 11 is 0. The third-order valence-electron chi connectivity index (χ3n) is 2.25. The summed E-state index contributed by atoms with van der Waals surface area (Å²) in [6.07, 6.45) is 0.721. The monoisotopic (exact) mass is 258 g/mol. The summed E-state index contributed by atoms with van der Waals surface area (Å²) in [6, 6.07) is 1.63. The molecule has 0 saturated carbocycles. The summed E-state index contributed by atoms with van der Waals surface area (Å²) in [4.78, 5) is 11.5. The number of rotatable bonds is 6. The van der Waals surface area contributed by atoms with Crippen molar-refractivity contribution in [2.75, 3.05) is 24.3 Å². The van der Waals surface area contributed by atoms with Crippen LogP contribution >= 0.6 is 0 Å². The molecule has 0 aromatic heterocycles. The SMILES string of the molecule is CCOCCCC(=O)Nc1c(N)cc(F)cc1F. The predicted octanol–water partition coefficient (Wildman–Crippen LogP) is 2.30. The highest BCUT2D eigenvalue weighted by Gasteiger charge is 2.12. The highest BCUT2D eigenvalue weighted by Crippen LogP contribution is 2.23. The maximum Gasteiger partial charge on any atom is 0.224 e. The molecule has 0 aliphatic rings. The van der Waals surface area contributed by atoms with Gasteiger partial charge in [0.25, 0.3) is 0 Å². The molecule has 0 radical (unpaired) electrons. The minimum Gasteiger partial charge on any atom is -0.397 e. The van der Waals surface area contributed by atoms with E-state index in [0.29, 0.717) is 25.7 Å². The molecule has 1 rings (SSSR count). The molecule has 0 unspecified atom stereocenters. The maximum absolute atomic E-state index is 13.4. The number of nitrogen functional groups attached to an aromatic ring is 1. The van der Waals surface area contributed by atoms with Crippen molar-refractivity contribution in [3.05, 3.63) is 23.8 Å². The van der Waals surface area contributed by atoms with E-state index in [1.165, 1.54) is 0 Å². The Hall–Kier alpha value is -1.69. The number of benzene rings is 1. The molecular formula is C12H16F2N2O2. The van der Waals surface area contributed by atoms with Gasteiger partial charge in [-0.2, -0.15) is 0 Å². The van der Waals surface area contributed by atoms with Gasteiger partial charge in [-0.05, 0) is 19.4 Å². The van der Waals surface area contributed by atoms with E-state index in [2.05, 4.69) is 5.32 Å². The number of nitrogens with two attached hydrogens (primary N) is 1. The molecule has 0 heterocycles. The molecule has 18 heavy (non-hydrogen) atoms. The third-order valence-corrected chi connectivity index (χ3v) is 2.25. The van der Waals surface area contributed by atoms with E-state index >= 15 is 0 Å². The highest BCUT2D eigenvalue weighted by atomic mass is 19.1. The Morgan fingerprint density at radius 1 is 1.44 bits per heavy atom. The van der Waals surface area contributed by atoms with Crippen molar-refractivity contribution < 1.29 is 18.3 Å². The lowest BCUT2D eigenvalue weighted by Gasteiger charge is -2.09. The van der Waals surface area contributed by atoms with Crippen molar-refractivity contribution in [3.8, 4) is 0 Å². The molecular weight excluding hydrogens is 242 g/mol. The molecule has 0 aliphatic carbocycles. The number of nitrogens with one attached hydrogen (secondary N) is 1. The number of carbonyl (C=O) groups is 1. The van der Waals surface area contributed by atoms with Crippen molar-refractivity contribution in [2.45, 2.75) is 19.8 Å². The van der Waals surface area contributed by atoms with E-state index in [1.54, 1.807) is 0 Å². The molecule has 1 aromatic rings. The Balaban J connectivity index is 2.54. The molecule has 0 fully saturated rings. The van der Waals surface area contributed by atoms with E-state index < -0.39 is 11.6 Å². The highest BCUT2D eigenvalue weighted by molar-refractivity contribution is 5.93. The van der Waals surface area contributed by atoms with Gasteiger partial charge in [0.05, 0.1) is 5.69 Å². The smallest absolute Gasteiger partial charge is 0.224 e. The van der Waals surface area contributed by atoms with Gasteiger partial charge in [-0.1, -0.05) is 0 Å². The van der Waals surface area contributed by atoms with Gasteiger partial charge in [0.1, 0.15) is 11.5 Å². The normalized spacial score (nSPS) is 10.4. The number of ether oxygens (including phenoxy) is 1. The number of carbonyl (C=O) groups excluding carboxylic acids is 1. The first kappa shape index (κ1) is 14.4. The van der Waals surface area contributed by atoms with Crippen LogP contribution in [-0.4, -0.2) is 19.1 Å². The molecule has 4 nitrogen and oxygen atoms in total. The van der Waals surface area contributed by atoms with Crippen LogP contribution in [0.15, 0.2) is 12.1 Å². The largest absolute Gasteiger partial charge is 0.397 e. The maximum atomic E-state index is 13.4. The fourth-order valence-electron chi connectivity index (χ4n) is 1.41. The summed E-state index contributed by atoms with van der Waals surface area (Å²) in [5.74, 6) is -2.04. The van der Waals surface area contributed by atoms with Crippen molar-refractivity contribution >= 4 is 17.3 Å². The second-order valence-electron chi connectivity index (χ2n) is 3.70. The lowest BCUT2D eigenvalue weighted by atomic mass is 10.2. The molecule has 1 aromatic carbocycles. The van der Waals surface area contributed by atoms with E-state index in [4.69, 9.17) is 10.5 Å². The van der Waals surface area contributed by atoms with Gasteiger partial charge < -0.3 is 15.8 Å². The van der Waals surface area contributed by atoms with Gasteiger partial charge in [-0.3, -0.25) is 4.79 Å². The van der Waals surface area contributed by atoms with Gasteiger partial charge in [0.2, 0.25) is 5.91 Å². The Morgan fingerprint density at radius 3 is 2.78 bits per heavy atom. The van der Waals surface area contributed by atoms with Crippen LogP contribution in [0.2, 0.25) is 0 Å². The number of anilines is 2. The lowest BCUT2D eigenvalue weighted by Crippen LogP contribution is -2.15. The Labute approximate surface area is 104 Å². The zero-order valence-electron chi connectivity index (χ0n) is 10.1. The summed E-state index contributed by atoms with van der Waals surface area (Å²) < 4.78 is 31.2.